The van der Waals surface area contributed by atoms with Crippen LogP contribution in [0.2, 0.25) is 0 Å². The highest BCUT2D eigenvalue weighted by molar-refractivity contribution is 7.97. The van der Waals surface area contributed by atoms with Crippen molar-refractivity contribution in [3.05, 3.63) is 81.8 Å². The lowest BCUT2D eigenvalue weighted by Gasteiger charge is -2.07. The van der Waals surface area contributed by atoms with Crippen LogP contribution in [0.3, 0.4) is 0 Å². The molecule has 4 aromatic rings. The molecule has 0 atom stereocenters. The Morgan fingerprint density at radius 1 is 1.12 bits per heavy atom. The molecule has 2 aromatic carbocycles. The fourth-order valence-electron chi connectivity index (χ4n) is 2.50. The van der Waals surface area contributed by atoms with Crippen molar-refractivity contribution in [1.29, 1.82) is 0 Å². The highest BCUT2D eigenvalue weighted by Crippen LogP contribution is 2.22. The Labute approximate surface area is 145 Å². The number of aromatic amines is 1. The molecule has 0 unspecified atom stereocenters. The average molecular weight is 352 g/mol. The van der Waals surface area contributed by atoms with E-state index in [9.17, 15) is 9.59 Å². The summed E-state index contributed by atoms with van der Waals surface area (Å²) >= 11 is 1.16. The summed E-state index contributed by atoms with van der Waals surface area (Å²) in [6.45, 7) is 0. The van der Waals surface area contributed by atoms with Crippen LogP contribution in [0.15, 0.2) is 69.1 Å². The van der Waals surface area contributed by atoms with Gasteiger partial charge in [-0.3, -0.25) is 9.78 Å². The number of aromatic nitrogens is 4. The lowest BCUT2D eigenvalue weighted by Crippen LogP contribution is -2.27. The second-order valence-corrected chi connectivity index (χ2v) is 6.24. The third-order valence-electron chi connectivity index (χ3n) is 3.70. The molecule has 0 amide bonds. The number of fused-ring (bicyclic) bond motifs is 1. The van der Waals surface area contributed by atoms with Gasteiger partial charge in [-0.2, -0.15) is 0 Å². The number of hydrogen-bond acceptors (Lipinski definition) is 6. The van der Waals surface area contributed by atoms with Gasteiger partial charge in [-0.15, -0.1) is 10.2 Å². The van der Waals surface area contributed by atoms with E-state index in [-0.39, 0.29) is 0 Å². The van der Waals surface area contributed by atoms with Gasteiger partial charge in [0, 0.05) is 6.20 Å². The third kappa shape index (κ3) is 3.11. The SMILES string of the molecule is O=c1[nH]c(=O)n(SCc2nnco2)cc1-c1ccc2ccccc2c1. The fourth-order valence-corrected chi connectivity index (χ4v) is 3.21. The van der Waals surface area contributed by atoms with Crippen LogP contribution >= 0.6 is 11.9 Å². The maximum absolute atomic E-state index is 12.2. The van der Waals surface area contributed by atoms with Crippen molar-refractivity contribution in [3.63, 3.8) is 0 Å². The molecule has 0 aliphatic rings. The summed E-state index contributed by atoms with van der Waals surface area (Å²) in [5.41, 5.74) is 0.240. The predicted molar refractivity (Wildman–Crippen MR) is 95.3 cm³/mol. The third-order valence-corrected chi connectivity index (χ3v) is 4.63. The number of nitrogens with zero attached hydrogens (tertiary/aromatic N) is 3. The molecule has 1 N–H and O–H groups in total. The van der Waals surface area contributed by atoms with Crippen molar-refractivity contribution in [2.45, 2.75) is 5.75 Å². The Kier molecular flexibility index (Phi) is 3.95. The molecule has 0 bridgehead atoms. The minimum Gasteiger partial charge on any atom is -0.427 e. The predicted octanol–water partition coefficient (Wildman–Crippen LogP) is 2.44. The number of hydrogen-bond donors (Lipinski definition) is 1. The number of H-pyrrole nitrogens is 1. The van der Waals surface area contributed by atoms with Gasteiger partial charge in [0.2, 0.25) is 12.3 Å². The molecule has 8 heteroatoms. The maximum atomic E-state index is 12.2. The molecule has 2 aromatic heterocycles. The number of rotatable bonds is 4. The second kappa shape index (κ2) is 6.40. The second-order valence-electron chi connectivity index (χ2n) is 5.30. The largest absolute Gasteiger partial charge is 0.427 e. The first-order chi connectivity index (χ1) is 12.2. The van der Waals surface area contributed by atoms with Crippen LogP contribution in [-0.4, -0.2) is 19.2 Å². The summed E-state index contributed by atoms with van der Waals surface area (Å²) < 4.78 is 6.41. The summed E-state index contributed by atoms with van der Waals surface area (Å²) in [5.74, 6) is 0.721. The Morgan fingerprint density at radius 3 is 2.76 bits per heavy atom. The van der Waals surface area contributed by atoms with E-state index in [2.05, 4.69) is 15.2 Å². The Bertz CT molecular complexity index is 1150. The van der Waals surface area contributed by atoms with Gasteiger partial charge in [0.25, 0.3) is 5.56 Å². The molecule has 0 saturated carbocycles. The van der Waals surface area contributed by atoms with E-state index in [0.717, 1.165) is 28.3 Å². The highest BCUT2D eigenvalue weighted by Gasteiger charge is 2.10. The van der Waals surface area contributed by atoms with Gasteiger partial charge in [0.1, 0.15) is 0 Å². The highest BCUT2D eigenvalue weighted by atomic mass is 32.2. The molecule has 124 valence electrons. The van der Waals surface area contributed by atoms with Crippen LogP contribution in [0.1, 0.15) is 5.89 Å². The van der Waals surface area contributed by atoms with Crippen LogP contribution in [0.5, 0.6) is 0 Å². The first kappa shape index (κ1) is 15.4. The average Bonchev–Trinajstić information content (AvgIpc) is 3.14. The van der Waals surface area contributed by atoms with E-state index in [4.69, 9.17) is 4.42 Å². The van der Waals surface area contributed by atoms with E-state index < -0.39 is 11.2 Å². The normalized spacial score (nSPS) is 11.0. The molecule has 0 radical (unpaired) electrons. The van der Waals surface area contributed by atoms with E-state index in [1.165, 1.54) is 16.6 Å². The molecule has 0 saturated heterocycles. The van der Waals surface area contributed by atoms with Crippen LogP contribution in [0.25, 0.3) is 21.9 Å². The van der Waals surface area contributed by atoms with Gasteiger partial charge < -0.3 is 4.42 Å². The minimum atomic E-state index is -0.501. The first-order valence-corrected chi connectivity index (χ1v) is 8.38. The lowest BCUT2D eigenvalue weighted by atomic mass is 10.0. The van der Waals surface area contributed by atoms with E-state index in [0.29, 0.717) is 17.2 Å². The zero-order chi connectivity index (χ0) is 17.2. The first-order valence-electron chi connectivity index (χ1n) is 7.44. The van der Waals surface area contributed by atoms with Crippen molar-refractivity contribution in [2.75, 3.05) is 0 Å². The van der Waals surface area contributed by atoms with Crippen molar-refractivity contribution in [2.24, 2.45) is 0 Å². The van der Waals surface area contributed by atoms with Crippen LogP contribution in [-0.2, 0) is 5.75 Å². The molecule has 25 heavy (non-hydrogen) atoms. The van der Waals surface area contributed by atoms with Gasteiger partial charge in [0.15, 0.2) is 0 Å². The maximum Gasteiger partial charge on any atom is 0.338 e. The van der Waals surface area contributed by atoms with Crippen LogP contribution in [0.4, 0.5) is 0 Å². The molecule has 0 spiro atoms. The lowest BCUT2D eigenvalue weighted by molar-refractivity contribution is 0.514. The molecular weight excluding hydrogens is 340 g/mol. The van der Waals surface area contributed by atoms with Crippen LogP contribution < -0.4 is 11.2 Å². The Morgan fingerprint density at radius 2 is 1.96 bits per heavy atom. The van der Waals surface area contributed by atoms with Gasteiger partial charge in [0.05, 0.1) is 11.3 Å². The van der Waals surface area contributed by atoms with E-state index >= 15 is 0 Å². The Hall–Kier alpha value is -3.13. The zero-order valence-corrected chi connectivity index (χ0v) is 13.7. The molecule has 0 aliphatic carbocycles. The topological polar surface area (TPSA) is 93.8 Å². The summed E-state index contributed by atoms with van der Waals surface area (Å²) in [5, 5.41) is 9.47. The molecular formula is C17H12N4O3S. The summed E-state index contributed by atoms with van der Waals surface area (Å²) in [6.07, 6.45) is 2.76. The molecule has 0 aliphatic heterocycles. The molecule has 2 heterocycles. The van der Waals surface area contributed by atoms with Gasteiger partial charge in [-0.05, 0) is 34.4 Å². The zero-order valence-electron chi connectivity index (χ0n) is 12.9. The number of nitrogens with one attached hydrogen (secondary N) is 1. The molecule has 7 nitrogen and oxygen atoms in total. The van der Waals surface area contributed by atoms with Gasteiger partial charge in [-0.25, -0.2) is 8.77 Å². The number of benzene rings is 2. The summed E-state index contributed by atoms with van der Waals surface area (Å²) in [7, 11) is 0. The van der Waals surface area contributed by atoms with Crippen molar-refractivity contribution >= 4 is 22.7 Å². The summed E-state index contributed by atoms with van der Waals surface area (Å²) in [4.78, 5) is 26.6. The fraction of sp³-hybridized carbons (Fsp3) is 0.0588. The van der Waals surface area contributed by atoms with Crippen molar-refractivity contribution < 1.29 is 4.42 Å². The van der Waals surface area contributed by atoms with Crippen molar-refractivity contribution in [1.82, 2.24) is 19.2 Å². The quantitative estimate of drug-likeness (QED) is 0.606. The van der Waals surface area contributed by atoms with Gasteiger partial charge >= 0.3 is 5.69 Å². The monoisotopic (exact) mass is 352 g/mol. The van der Waals surface area contributed by atoms with E-state index in [1.807, 2.05) is 42.5 Å². The standard InChI is InChI=1S/C17H12N4O3S/c22-16-14(13-6-5-11-3-1-2-4-12(11)7-13)8-21(17(23)19-16)25-9-15-20-18-10-24-15/h1-8,10H,9H2,(H,19,22,23). The molecule has 0 fully saturated rings. The molecule has 4 rings (SSSR count). The Balaban J connectivity index is 1.74. The van der Waals surface area contributed by atoms with E-state index in [1.54, 1.807) is 0 Å². The summed E-state index contributed by atoms with van der Waals surface area (Å²) in [6, 6.07) is 13.6. The van der Waals surface area contributed by atoms with Crippen molar-refractivity contribution in [3.8, 4) is 11.1 Å². The van der Waals surface area contributed by atoms with Crippen LogP contribution in [0, 0.1) is 0 Å². The smallest absolute Gasteiger partial charge is 0.338 e. The van der Waals surface area contributed by atoms with Gasteiger partial charge in [-0.1, -0.05) is 36.4 Å². The minimum absolute atomic E-state index is 0.323.